The smallest absolute Gasteiger partial charge is 0.340 e. The van der Waals surface area contributed by atoms with E-state index in [4.69, 9.17) is 18.9 Å². The number of nitrogens with one attached hydrogen (secondary N) is 1. The van der Waals surface area contributed by atoms with Crippen LogP contribution in [-0.4, -0.2) is 40.3 Å². The Labute approximate surface area is 172 Å². The molecule has 0 aromatic heterocycles. The van der Waals surface area contributed by atoms with E-state index in [1.165, 1.54) is 33.5 Å². The quantitative estimate of drug-likeness (QED) is 0.613. The van der Waals surface area contributed by atoms with E-state index in [0.29, 0.717) is 23.6 Å². The number of methoxy groups -OCH3 is 4. The van der Waals surface area contributed by atoms with E-state index in [0.717, 1.165) is 15.8 Å². The molecule has 0 radical (unpaired) electrons. The Hall–Kier alpha value is -2.74. The number of carbonyl (C=O) groups is 2. The van der Waals surface area contributed by atoms with Gasteiger partial charge in [-0.1, -0.05) is 6.07 Å². The maximum Gasteiger partial charge on any atom is 0.340 e. The Kier molecular flexibility index (Phi) is 7.69. The van der Waals surface area contributed by atoms with Crippen LogP contribution in [0.5, 0.6) is 17.2 Å². The highest BCUT2D eigenvalue weighted by Gasteiger charge is 2.19. The molecule has 2 aromatic rings. The van der Waals surface area contributed by atoms with Gasteiger partial charge in [0.2, 0.25) is 5.91 Å². The summed E-state index contributed by atoms with van der Waals surface area (Å²) in [5, 5.41) is 2.75. The summed E-state index contributed by atoms with van der Waals surface area (Å²) in [6.45, 7) is 0. The summed E-state index contributed by atoms with van der Waals surface area (Å²) >= 11 is 3.43. The second kappa shape index (κ2) is 9.98. The number of amides is 1. The molecular formula is C20H22BrNO6. The van der Waals surface area contributed by atoms with Gasteiger partial charge in [0.05, 0.1) is 44.2 Å². The van der Waals surface area contributed by atoms with Crippen LogP contribution in [0.15, 0.2) is 34.8 Å². The Morgan fingerprint density at radius 3 is 2.14 bits per heavy atom. The van der Waals surface area contributed by atoms with Gasteiger partial charge in [0.1, 0.15) is 5.75 Å². The van der Waals surface area contributed by atoms with Crippen molar-refractivity contribution in [1.82, 2.24) is 0 Å². The molecular weight excluding hydrogens is 430 g/mol. The first-order valence-corrected chi connectivity index (χ1v) is 9.19. The summed E-state index contributed by atoms with van der Waals surface area (Å²) in [6.07, 6.45) is 0.753. The number of anilines is 1. The first kappa shape index (κ1) is 21.6. The van der Waals surface area contributed by atoms with Gasteiger partial charge in [0.25, 0.3) is 0 Å². The number of aryl methyl sites for hydroxylation is 1. The van der Waals surface area contributed by atoms with Gasteiger partial charge in [-0.2, -0.15) is 0 Å². The number of hydrogen-bond acceptors (Lipinski definition) is 6. The van der Waals surface area contributed by atoms with Gasteiger partial charge in [0, 0.05) is 18.6 Å². The molecule has 1 amide bonds. The van der Waals surface area contributed by atoms with Crippen molar-refractivity contribution in [2.45, 2.75) is 12.8 Å². The number of hydrogen-bond donors (Lipinski definition) is 1. The standard InChI is InChI=1S/C20H22BrNO6/c1-25-16-7-5-12(9-14(16)21)6-8-19(23)22-15-11-18(27-3)17(26-2)10-13(15)20(24)28-4/h5,7,9-11H,6,8H2,1-4H3,(H,22,23). The number of esters is 1. The lowest BCUT2D eigenvalue weighted by Gasteiger charge is -2.14. The fraction of sp³-hybridized carbons (Fsp3) is 0.300. The van der Waals surface area contributed by atoms with Crippen LogP contribution in [0.1, 0.15) is 22.3 Å². The molecule has 28 heavy (non-hydrogen) atoms. The zero-order valence-corrected chi connectivity index (χ0v) is 17.7. The number of halogens is 1. The maximum absolute atomic E-state index is 12.4. The van der Waals surface area contributed by atoms with Crippen LogP contribution in [-0.2, 0) is 16.0 Å². The summed E-state index contributed by atoms with van der Waals surface area (Å²) < 4.78 is 21.3. The van der Waals surface area contributed by atoms with Gasteiger partial charge in [-0.05, 0) is 40.0 Å². The third kappa shape index (κ3) is 5.16. The van der Waals surface area contributed by atoms with Crippen molar-refractivity contribution in [3.63, 3.8) is 0 Å². The highest BCUT2D eigenvalue weighted by atomic mass is 79.9. The number of rotatable bonds is 8. The molecule has 0 spiro atoms. The van der Waals surface area contributed by atoms with Crippen molar-refractivity contribution in [1.29, 1.82) is 0 Å². The van der Waals surface area contributed by atoms with E-state index in [1.54, 1.807) is 7.11 Å². The minimum atomic E-state index is -0.588. The Morgan fingerprint density at radius 1 is 0.929 bits per heavy atom. The lowest BCUT2D eigenvalue weighted by atomic mass is 10.1. The van der Waals surface area contributed by atoms with Crippen molar-refractivity contribution in [3.05, 3.63) is 45.9 Å². The van der Waals surface area contributed by atoms with Crippen molar-refractivity contribution < 1.29 is 28.5 Å². The second-order valence-electron chi connectivity index (χ2n) is 5.76. The van der Waals surface area contributed by atoms with Crippen LogP contribution in [0.2, 0.25) is 0 Å². The molecule has 0 fully saturated rings. The van der Waals surface area contributed by atoms with E-state index >= 15 is 0 Å². The first-order valence-electron chi connectivity index (χ1n) is 8.40. The summed E-state index contributed by atoms with van der Waals surface area (Å²) in [6, 6.07) is 8.64. The first-order chi connectivity index (χ1) is 13.4. The van der Waals surface area contributed by atoms with Gasteiger partial charge in [-0.3, -0.25) is 4.79 Å². The summed E-state index contributed by atoms with van der Waals surface area (Å²) in [7, 11) is 5.80. The average molecular weight is 452 g/mol. The monoisotopic (exact) mass is 451 g/mol. The van der Waals surface area contributed by atoms with Gasteiger partial charge >= 0.3 is 5.97 Å². The zero-order chi connectivity index (χ0) is 20.7. The zero-order valence-electron chi connectivity index (χ0n) is 16.1. The molecule has 150 valence electrons. The summed E-state index contributed by atoms with van der Waals surface area (Å²) in [5.74, 6) is 0.648. The molecule has 0 unspecified atom stereocenters. The topological polar surface area (TPSA) is 83.1 Å². The second-order valence-corrected chi connectivity index (χ2v) is 6.62. The highest BCUT2D eigenvalue weighted by molar-refractivity contribution is 9.10. The molecule has 7 nitrogen and oxygen atoms in total. The normalized spacial score (nSPS) is 10.2. The Bertz CT molecular complexity index is 868. The van der Waals surface area contributed by atoms with Crippen LogP contribution in [0, 0.1) is 0 Å². The molecule has 2 aromatic carbocycles. The Morgan fingerprint density at radius 2 is 1.57 bits per heavy atom. The van der Waals surface area contributed by atoms with Crippen molar-refractivity contribution in [3.8, 4) is 17.2 Å². The predicted octanol–water partition coefficient (Wildman–Crippen LogP) is 3.83. The van der Waals surface area contributed by atoms with Crippen LogP contribution in [0.25, 0.3) is 0 Å². The molecule has 0 aliphatic carbocycles. The molecule has 0 atom stereocenters. The molecule has 2 rings (SSSR count). The van der Waals surface area contributed by atoms with Crippen molar-refractivity contribution in [2.75, 3.05) is 33.8 Å². The lowest BCUT2D eigenvalue weighted by Crippen LogP contribution is -2.16. The Balaban J connectivity index is 2.16. The van der Waals surface area contributed by atoms with Crippen molar-refractivity contribution >= 4 is 33.5 Å². The molecule has 1 N–H and O–H groups in total. The SMILES string of the molecule is COC(=O)c1cc(OC)c(OC)cc1NC(=O)CCc1ccc(OC)c(Br)c1. The van der Waals surface area contributed by atoms with Crippen LogP contribution >= 0.6 is 15.9 Å². The van der Waals surface area contributed by atoms with Crippen LogP contribution < -0.4 is 19.5 Å². The molecule has 0 saturated heterocycles. The van der Waals surface area contributed by atoms with E-state index in [-0.39, 0.29) is 17.9 Å². The number of benzene rings is 2. The molecule has 8 heteroatoms. The van der Waals surface area contributed by atoms with E-state index in [1.807, 2.05) is 18.2 Å². The fourth-order valence-electron chi connectivity index (χ4n) is 2.60. The summed E-state index contributed by atoms with van der Waals surface area (Å²) in [5.41, 5.74) is 1.45. The van der Waals surface area contributed by atoms with Crippen LogP contribution in [0.4, 0.5) is 5.69 Å². The number of carbonyl (C=O) groups excluding carboxylic acids is 2. The van der Waals surface area contributed by atoms with E-state index < -0.39 is 5.97 Å². The minimum Gasteiger partial charge on any atom is -0.496 e. The molecule has 0 saturated carbocycles. The fourth-order valence-corrected chi connectivity index (χ4v) is 3.19. The highest BCUT2D eigenvalue weighted by Crippen LogP contribution is 2.34. The largest absolute Gasteiger partial charge is 0.496 e. The average Bonchev–Trinajstić information content (AvgIpc) is 2.71. The van der Waals surface area contributed by atoms with Gasteiger partial charge in [-0.25, -0.2) is 4.79 Å². The maximum atomic E-state index is 12.4. The van der Waals surface area contributed by atoms with Crippen molar-refractivity contribution in [2.24, 2.45) is 0 Å². The molecule has 0 aliphatic heterocycles. The molecule has 0 aliphatic rings. The number of ether oxygens (including phenoxy) is 4. The summed E-state index contributed by atoms with van der Waals surface area (Å²) in [4.78, 5) is 24.5. The lowest BCUT2D eigenvalue weighted by molar-refractivity contribution is -0.116. The minimum absolute atomic E-state index is 0.181. The van der Waals surface area contributed by atoms with Gasteiger partial charge < -0.3 is 24.3 Å². The third-order valence-electron chi connectivity index (χ3n) is 4.06. The van der Waals surface area contributed by atoms with Gasteiger partial charge in [0.15, 0.2) is 11.5 Å². The third-order valence-corrected chi connectivity index (χ3v) is 4.68. The molecule has 0 heterocycles. The van der Waals surface area contributed by atoms with Gasteiger partial charge in [-0.15, -0.1) is 0 Å². The van der Waals surface area contributed by atoms with E-state index in [2.05, 4.69) is 21.2 Å². The van der Waals surface area contributed by atoms with E-state index in [9.17, 15) is 9.59 Å². The molecule has 0 bridgehead atoms. The predicted molar refractivity (Wildman–Crippen MR) is 109 cm³/mol. The van der Waals surface area contributed by atoms with Crippen LogP contribution in [0.3, 0.4) is 0 Å².